The lowest BCUT2D eigenvalue weighted by atomic mass is 10.1. The van der Waals surface area contributed by atoms with Crippen molar-refractivity contribution < 1.29 is 14.4 Å². The molecule has 0 bridgehead atoms. The first-order valence-corrected chi connectivity index (χ1v) is 8.17. The van der Waals surface area contributed by atoms with Gasteiger partial charge in [0.2, 0.25) is 5.91 Å². The molecule has 0 spiro atoms. The fourth-order valence-corrected chi connectivity index (χ4v) is 2.29. The Morgan fingerprint density at radius 1 is 1.21 bits per heavy atom. The molecule has 0 aliphatic rings. The van der Waals surface area contributed by atoms with Crippen LogP contribution in [0.3, 0.4) is 0 Å². The van der Waals surface area contributed by atoms with E-state index in [0.717, 1.165) is 6.42 Å². The van der Waals surface area contributed by atoms with E-state index < -0.39 is 12.1 Å². The van der Waals surface area contributed by atoms with E-state index in [9.17, 15) is 14.4 Å². The second-order valence-corrected chi connectivity index (χ2v) is 5.52. The maximum Gasteiger partial charge on any atom is 0.319 e. The third-order valence-electron chi connectivity index (χ3n) is 3.25. The third-order valence-corrected chi connectivity index (χ3v) is 3.58. The summed E-state index contributed by atoms with van der Waals surface area (Å²) in [5, 5.41) is 10.7. The van der Waals surface area contributed by atoms with Crippen LogP contribution in [0.2, 0.25) is 5.02 Å². The Hall–Kier alpha value is -2.28. The van der Waals surface area contributed by atoms with Gasteiger partial charge in [-0.1, -0.05) is 24.9 Å². The minimum absolute atomic E-state index is 0.258. The van der Waals surface area contributed by atoms with E-state index in [1.807, 2.05) is 6.92 Å². The Kier molecular flexibility index (Phi) is 8.05. The number of benzene rings is 1. The molecule has 1 aromatic carbocycles. The molecule has 4 N–H and O–H groups in total. The molecule has 0 aliphatic heterocycles. The average molecular weight is 355 g/mol. The van der Waals surface area contributed by atoms with Gasteiger partial charge in [0.1, 0.15) is 6.04 Å². The highest BCUT2D eigenvalue weighted by Crippen LogP contribution is 2.20. The second kappa shape index (κ2) is 9.77. The van der Waals surface area contributed by atoms with Crippen molar-refractivity contribution >= 4 is 35.1 Å². The molecule has 1 aromatic rings. The zero-order valence-electron chi connectivity index (χ0n) is 14.0. The molecular formula is C16H23ClN4O3. The first-order valence-electron chi connectivity index (χ1n) is 7.79. The van der Waals surface area contributed by atoms with Crippen molar-refractivity contribution in [2.24, 2.45) is 0 Å². The summed E-state index contributed by atoms with van der Waals surface area (Å²) >= 11 is 6.01. The van der Waals surface area contributed by atoms with Crippen molar-refractivity contribution in [3.63, 3.8) is 0 Å². The predicted molar refractivity (Wildman–Crippen MR) is 94.4 cm³/mol. The molecule has 132 valence electrons. The fourth-order valence-electron chi connectivity index (χ4n) is 2.09. The lowest BCUT2D eigenvalue weighted by Gasteiger charge is -2.17. The van der Waals surface area contributed by atoms with Crippen molar-refractivity contribution in [2.75, 3.05) is 18.9 Å². The van der Waals surface area contributed by atoms with Crippen LogP contribution in [-0.4, -0.2) is 37.5 Å². The molecule has 1 atom stereocenters. The summed E-state index contributed by atoms with van der Waals surface area (Å²) in [6.45, 7) is 4.19. The molecule has 0 radical (unpaired) electrons. The van der Waals surface area contributed by atoms with Gasteiger partial charge in [0.25, 0.3) is 5.91 Å². The molecule has 0 fully saturated rings. The van der Waals surface area contributed by atoms with Crippen molar-refractivity contribution in [1.82, 2.24) is 16.0 Å². The topological polar surface area (TPSA) is 99.3 Å². The highest BCUT2D eigenvalue weighted by Gasteiger charge is 2.19. The molecule has 0 saturated heterocycles. The van der Waals surface area contributed by atoms with Crippen molar-refractivity contribution in [1.29, 1.82) is 0 Å². The van der Waals surface area contributed by atoms with Crippen LogP contribution in [0.25, 0.3) is 0 Å². The Labute approximate surface area is 146 Å². The number of carbonyl (C=O) groups excluding carboxylic acids is 3. The summed E-state index contributed by atoms with van der Waals surface area (Å²) in [6, 6.07) is 3.46. The smallest absolute Gasteiger partial charge is 0.319 e. The summed E-state index contributed by atoms with van der Waals surface area (Å²) in [5.41, 5.74) is 0.679. The Bertz CT molecular complexity index is 607. The summed E-state index contributed by atoms with van der Waals surface area (Å²) in [4.78, 5) is 35.7. The first kappa shape index (κ1) is 19.8. The number of likely N-dealkylation sites (N-methyl/N-ethyl adjacent to an activating group) is 1. The highest BCUT2D eigenvalue weighted by atomic mass is 35.5. The maximum atomic E-state index is 12.1. The van der Waals surface area contributed by atoms with Gasteiger partial charge in [0.05, 0.1) is 10.6 Å². The lowest BCUT2D eigenvalue weighted by molar-refractivity contribution is -0.122. The largest absolute Gasteiger partial charge is 0.357 e. The minimum atomic E-state index is -0.616. The van der Waals surface area contributed by atoms with Crippen LogP contribution in [0.15, 0.2) is 18.2 Å². The Balaban J connectivity index is 2.81. The second-order valence-electron chi connectivity index (χ2n) is 5.11. The SMILES string of the molecule is CCCC(NC(=O)Nc1ccc(Cl)c(C(=O)NCC)c1)C(=O)NC. The number of hydrogen-bond donors (Lipinski definition) is 4. The molecule has 1 rings (SSSR count). The highest BCUT2D eigenvalue weighted by molar-refractivity contribution is 6.34. The van der Waals surface area contributed by atoms with Gasteiger partial charge < -0.3 is 21.3 Å². The number of rotatable bonds is 7. The Morgan fingerprint density at radius 3 is 2.50 bits per heavy atom. The number of amides is 4. The number of urea groups is 1. The summed E-state index contributed by atoms with van der Waals surface area (Å²) in [6.07, 6.45) is 1.28. The number of hydrogen-bond acceptors (Lipinski definition) is 3. The van der Waals surface area contributed by atoms with Crippen LogP contribution in [0.1, 0.15) is 37.0 Å². The van der Waals surface area contributed by atoms with Crippen LogP contribution >= 0.6 is 11.6 Å². The van der Waals surface area contributed by atoms with Crippen LogP contribution in [0.4, 0.5) is 10.5 Å². The molecule has 0 saturated carbocycles. The molecule has 24 heavy (non-hydrogen) atoms. The molecule has 0 aromatic heterocycles. The van der Waals surface area contributed by atoms with Gasteiger partial charge in [-0.2, -0.15) is 0 Å². The minimum Gasteiger partial charge on any atom is -0.357 e. The van der Waals surface area contributed by atoms with Gasteiger partial charge in [-0.3, -0.25) is 9.59 Å². The van der Waals surface area contributed by atoms with Gasteiger partial charge in [0.15, 0.2) is 0 Å². The van der Waals surface area contributed by atoms with Gasteiger partial charge in [-0.15, -0.1) is 0 Å². The molecule has 1 unspecified atom stereocenters. The predicted octanol–water partition coefficient (Wildman–Crippen LogP) is 2.13. The third kappa shape index (κ3) is 5.73. The van der Waals surface area contributed by atoms with Crippen molar-refractivity contribution in [2.45, 2.75) is 32.7 Å². The quantitative estimate of drug-likeness (QED) is 0.603. The molecule has 8 heteroatoms. The average Bonchev–Trinajstić information content (AvgIpc) is 2.55. The number of anilines is 1. The van der Waals surface area contributed by atoms with Gasteiger partial charge >= 0.3 is 6.03 Å². The van der Waals surface area contributed by atoms with E-state index in [-0.39, 0.29) is 17.4 Å². The molecule has 0 heterocycles. The van der Waals surface area contributed by atoms with Gasteiger partial charge in [-0.05, 0) is 31.5 Å². The number of carbonyl (C=O) groups is 3. The van der Waals surface area contributed by atoms with Crippen LogP contribution in [0.5, 0.6) is 0 Å². The zero-order valence-corrected chi connectivity index (χ0v) is 14.8. The summed E-state index contributed by atoms with van der Waals surface area (Å²) < 4.78 is 0. The maximum absolute atomic E-state index is 12.1. The molecule has 4 amide bonds. The van der Waals surface area contributed by atoms with E-state index in [1.165, 1.54) is 19.2 Å². The van der Waals surface area contributed by atoms with Crippen LogP contribution in [0, 0.1) is 0 Å². The van der Waals surface area contributed by atoms with Gasteiger partial charge in [-0.25, -0.2) is 4.79 Å². The monoisotopic (exact) mass is 354 g/mol. The zero-order chi connectivity index (χ0) is 18.1. The summed E-state index contributed by atoms with van der Waals surface area (Å²) in [5.74, 6) is -0.577. The lowest BCUT2D eigenvalue weighted by Crippen LogP contribution is -2.47. The Morgan fingerprint density at radius 2 is 1.92 bits per heavy atom. The van der Waals surface area contributed by atoms with Crippen molar-refractivity contribution in [3.8, 4) is 0 Å². The number of nitrogens with one attached hydrogen (secondary N) is 4. The van der Waals surface area contributed by atoms with E-state index in [4.69, 9.17) is 11.6 Å². The molecule has 0 aliphatic carbocycles. The standard InChI is InChI=1S/C16H23ClN4O3/c1-4-6-13(15(23)18-3)21-16(24)20-10-7-8-12(17)11(9-10)14(22)19-5-2/h7-9,13H,4-6H2,1-3H3,(H,18,23)(H,19,22)(H2,20,21,24). The normalized spacial score (nSPS) is 11.3. The number of halogens is 1. The van der Waals surface area contributed by atoms with E-state index in [2.05, 4.69) is 21.3 Å². The van der Waals surface area contributed by atoms with E-state index in [1.54, 1.807) is 13.0 Å². The molecular weight excluding hydrogens is 332 g/mol. The van der Waals surface area contributed by atoms with Crippen molar-refractivity contribution in [3.05, 3.63) is 28.8 Å². The summed E-state index contributed by atoms with van der Waals surface area (Å²) in [7, 11) is 1.52. The van der Waals surface area contributed by atoms with Crippen LogP contribution in [-0.2, 0) is 4.79 Å². The van der Waals surface area contributed by atoms with Gasteiger partial charge in [0, 0.05) is 19.3 Å². The first-order chi connectivity index (χ1) is 11.4. The molecule has 7 nitrogen and oxygen atoms in total. The van der Waals surface area contributed by atoms with E-state index in [0.29, 0.717) is 23.7 Å². The van der Waals surface area contributed by atoms with E-state index >= 15 is 0 Å². The fraction of sp³-hybridized carbons (Fsp3) is 0.438. The van der Waals surface area contributed by atoms with Crippen LogP contribution < -0.4 is 21.3 Å².